The fourth-order valence-corrected chi connectivity index (χ4v) is 4.58. The lowest BCUT2D eigenvalue weighted by atomic mass is 9.86. The van der Waals surface area contributed by atoms with Crippen LogP contribution in [-0.2, 0) is 9.59 Å². The predicted octanol–water partition coefficient (Wildman–Crippen LogP) is 2.22. The summed E-state index contributed by atoms with van der Waals surface area (Å²) >= 11 is 0. The van der Waals surface area contributed by atoms with Gasteiger partial charge in [-0.3, -0.25) is 19.8 Å². The largest absolute Gasteiger partial charge is 0.486 e. The molecule has 2 heterocycles. The van der Waals surface area contributed by atoms with Gasteiger partial charge in [-0.1, -0.05) is 19.3 Å². The first kappa shape index (κ1) is 22.4. The normalized spacial score (nSPS) is 19.3. The van der Waals surface area contributed by atoms with Crippen LogP contribution in [0.15, 0.2) is 18.2 Å². The molecule has 0 radical (unpaired) electrons. The Morgan fingerprint density at radius 2 is 1.66 bits per heavy atom. The molecule has 1 aliphatic carbocycles. The summed E-state index contributed by atoms with van der Waals surface area (Å²) < 4.78 is 11.0. The fourth-order valence-electron chi connectivity index (χ4n) is 4.58. The quantitative estimate of drug-likeness (QED) is 0.722. The summed E-state index contributed by atoms with van der Waals surface area (Å²) in [6.07, 6.45) is 6.76. The Bertz CT molecular complexity index is 832. The van der Waals surface area contributed by atoms with Gasteiger partial charge in [0.2, 0.25) is 11.8 Å². The molecule has 4 rings (SSSR count). The summed E-state index contributed by atoms with van der Waals surface area (Å²) in [5.74, 6) is 1.60. The van der Waals surface area contributed by atoms with Gasteiger partial charge in [-0.25, -0.2) is 4.79 Å². The van der Waals surface area contributed by atoms with E-state index >= 15 is 0 Å². The second-order valence-electron chi connectivity index (χ2n) is 8.73. The van der Waals surface area contributed by atoms with Crippen molar-refractivity contribution in [2.45, 2.75) is 38.5 Å². The molecule has 0 atom stereocenters. The molecule has 2 fully saturated rings. The number of anilines is 1. The number of nitrogens with one attached hydrogen (secondary N) is 2. The van der Waals surface area contributed by atoms with Gasteiger partial charge >= 0.3 is 6.03 Å². The highest BCUT2D eigenvalue weighted by Gasteiger charge is 2.25. The van der Waals surface area contributed by atoms with Crippen LogP contribution in [0.1, 0.15) is 38.5 Å². The van der Waals surface area contributed by atoms with E-state index in [1.165, 1.54) is 32.1 Å². The molecule has 4 amide bonds. The Morgan fingerprint density at radius 1 is 0.938 bits per heavy atom. The van der Waals surface area contributed by atoms with Gasteiger partial charge in [-0.2, -0.15) is 0 Å². The summed E-state index contributed by atoms with van der Waals surface area (Å²) in [4.78, 5) is 40.9. The van der Waals surface area contributed by atoms with E-state index in [1.54, 1.807) is 18.2 Å². The first-order valence-electron chi connectivity index (χ1n) is 11.6. The maximum atomic E-state index is 12.6. The number of hydrogen-bond acceptors (Lipinski definition) is 6. The van der Waals surface area contributed by atoms with Gasteiger partial charge in [-0.05, 0) is 30.9 Å². The standard InChI is InChI=1S/C23H32N4O5/c28-21(25-23(30)24-18-6-7-19-20(15-18)32-13-12-31-19)16-26-8-10-27(11-9-26)22(29)14-17-4-2-1-3-5-17/h6-7,15,17H,1-5,8-14,16H2,(H2,24,25,28,30). The first-order chi connectivity index (χ1) is 15.6. The molecule has 0 spiro atoms. The van der Waals surface area contributed by atoms with Gasteiger partial charge in [0, 0.05) is 44.4 Å². The molecule has 2 aliphatic heterocycles. The SMILES string of the molecule is O=C(CN1CCN(C(=O)CC2CCCCC2)CC1)NC(=O)Nc1ccc2c(c1)OCCO2. The predicted molar refractivity (Wildman–Crippen MR) is 119 cm³/mol. The third-order valence-corrected chi connectivity index (χ3v) is 6.33. The zero-order valence-corrected chi connectivity index (χ0v) is 18.4. The van der Waals surface area contributed by atoms with Crippen molar-refractivity contribution in [2.24, 2.45) is 5.92 Å². The van der Waals surface area contributed by atoms with E-state index in [4.69, 9.17) is 9.47 Å². The summed E-state index contributed by atoms with van der Waals surface area (Å²) in [6.45, 7) is 3.60. The molecular weight excluding hydrogens is 412 g/mol. The number of fused-ring (bicyclic) bond motifs is 1. The molecule has 1 aromatic carbocycles. The van der Waals surface area contributed by atoms with Crippen molar-refractivity contribution in [3.63, 3.8) is 0 Å². The Morgan fingerprint density at radius 3 is 2.41 bits per heavy atom. The molecule has 0 bridgehead atoms. The van der Waals surface area contributed by atoms with Crippen LogP contribution in [0.3, 0.4) is 0 Å². The zero-order chi connectivity index (χ0) is 22.3. The van der Waals surface area contributed by atoms with Crippen LogP contribution in [0.25, 0.3) is 0 Å². The van der Waals surface area contributed by atoms with Crippen molar-refractivity contribution in [1.29, 1.82) is 0 Å². The maximum absolute atomic E-state index is 12.6. The molecular formula is C23H32N4O5. The Labute approximate surface area is 188 Å². The van der Waals surface area contributed by atoms with Gasteiger partial charge in [0.25, 0.3) is 0 Å². The number of carbonyl (C=O) groups excluding carboxylic acids is 3. The van der Waals surface area contributed by atoms with E-state index < -0.39 is 6.03 Å². The van der Waals surface area contributed by atoms with E-state index in [0.29, 0.717) is 68.9 Å². The number of piperazine rings is 1. The van der Waals surface area contributed by atoms with Crippen LogP contribution < -0.4 is 20.1 Å². The minimum Gasteiger partial charge on any atom is -0.486 e. The molecule has 2 N–H and O–H groups in total. The zero-order valence-electron chi connectivity index (χ0n) is 18.4. The van der Waals surface area contributed by atoms with Crippen LogP contribution in [0.5, 0.6) is 11.5 Å². The molecule has 0 aromatic heterocycles. The van der Waals surface area contributed by atoms with Gasteiger partial charge < -0.3 is 19.7 Å². The Kier molecular flexibility index (Phi) is 7.47. The van der Waals surface area contributed by atoms with Gasteiger partial charge in [0.15, 0.2) is 11.5 Å². The average Bonchev–Trinajstić information content (AvgIpc) is 2.80. The van der Waals surface area contributed by atoms with Crippen LogP contribution in [0.2, 0.25) is 0 Å². The molecule has 32 heavy (non-hydrogen) atoms. The van der Waals surface area contributed by atoms with Crippen molar-refractivity contribution < 1.29 is 23.9 Å². The number of benzene rings is 1. The summed E-state index contributed by atoms with van der Waals surface area (Å²) in [6, 6.07) is 4.50. The molecule has 3 aliphatic rings. The summed E-state index contributed by atoms with van der Waals surface area (Å²) in [5.41, 5.74) is 0.518. The second kappa shape index (κ2) is 10.7. The van der Waals surface area contributed by atoms with Crippen LogP contribution >= 0.6 is 0 Å². The van der Waals surface area contributed by atoms with Crippen LogP contribution in [0, 0.1) is 5.92 Å². The number of hydrogen-bond donors (Lipinski definition) is 2. The average molecular weight is 445 g/mol. The third-order valence-electron chi connectivity index (χ3n) is 6.33. The molecule has 9 nitrogen and oxygen atoms in total. The minimum absolute atomic E-state index is 0.124. The highest BCUT2D eigenvalue weighted by molar-refractivity contribution is 6.01. The number of ether oxygens (including phenoxy) is 2. The van der Waals surface area contributed by atoms with Crippen molar-refractivity contribution >= 4 is 23.5 Å². The van der Waals surface area contributed by atoms with Crippen molar-refractivity contribution in [1.82, 2.24) is 15.1 Å². The summed E-state index contributed by atoms with van der Waals surface area (Å²) in [5, 5.41) is 5.00. The van der Waals surface area contributed by atoms with Crippen molar-refractivity contribution in [3.05, 3.63) is 18.2 Å². The summed E-state index contributed by atoms with van der Waals surface area (Å²) in [7, 11) is 0. The monoisotopic (exact) mass is 444 g/mol. The van der Waals surface area contributed by atoms with E-state index in [-0.39, 0.29) is 18.4 Å². The molecule has 0 unspecified atom stereocenters. The van der Waals surface area contributed by atoms with Gasteiger partial charge in [0.05, 0.1) is 6.54 Å². The lowest BCUT2D eigenvalue weighted by Gasteiger charge is -2.35. The van der Waals surface area contributed by atoms with Crippen molar-refractivity contribution in [3.8, 4) is 11.5 Å². The number of carbonyl (C=O) groups is 3. The lowest BCUT2D eigenvalue weighted by Crippen LogP contribution is -2.52. The highest BCUT2D eigenvalue weighted by Crippen LogP contribution is 2.32. The van der Waals surface area contributed by atoms with E-state index in [0.717, 1.165) is 0 Å². The Hall–Kier alpha value is -2.81. The number of imide groups is 1. The van der Waals surface area contributed by atoms with Crippen LogP contribution in [-0.4, -0.2) is 73.6 Å². The number of rotatable bonds is 5. The topological polar surface area (TPSA) is 100 Å². The molecule has 1 saturated heterocycles. The molecule has 174 valence electrons. The van der Waals surface area contributed by atoms with Crippen LogP contribution in [0.4, 0.5) is 10.5 Å². The molecule has 1 saturated carbocycles. The van der Waals surface area contributed by atoms with Crippen molar-refractivity contribution in [2.75, 3.05) is 51.3 Å². The number of nitrogens with zero attached hydrogens (tertiary/aromatic N) is 2. The fraction of sp³-hybridized carbons (Fsp3) is 0.609. The molecule has 1 aromatic rings. The van der Waals surface area contributed by atoms with E-state index in [1.807, 2.05) is 9.80 Å². The Balaban J connectivity index is 1.16. The lowest BCUT2D eigenvalue weighted by molar-refractivity contribution is -0.134. The minimum atomic E-state index is -0.590. The third kappa shape index (κ3) is 6.12. The number of urea groups is 1. The molecule has 9 heteroatoms. The smallest absolute Gasteiger partial charge is 0.325 e. The first-order valence-corrected chi connectivity index (χ1v) is 11.6. The maximum Gasteiger partial charge on any atom is 0.325 e. The van der Waals surface area contributed by atoms with Gasteiger partial charge in [-0.15, -0.1) is 0 Å². The van der Waals surface area contributed by atoms with Gasteiger partial charge in [0.1, 0.15) is 13.2 Å². The van der Waals surface area contributed by atoms with E-state index in [2.05, 4.69) is 10.6 Å². The highest BCUT2D eigenvalue weighted by atomic mass is 16.6. The number of amides is 4. The van der Waals surface area contributed by atoms with E-state index in [9.17, 15) is 14.4 Å². The second-order valence-corrected chi connectivity index (χ2v) is 8.73.